The fourth-order valence-corrected chi connectivity index (χ4v) is 8.20. The molecule has 0 N–H and O–H groups in total. The van der Waals surface area contributed by atoms with Crippen LogP contribution < -0.4 is 0 Å². The van der Waals surface area contributed by atoms with Crippen molar-refractivity contribution in [1.82, 2.24) is 19.6 Å². The molecule has 8 rings (SSSR count). The van der Waals surface area contributed by atoms with Crippen LogP contribution in [-0.4, -0.2) is 133 Å². The molecule has 60 heavy (non-hydrogen) atoms. The Kier molecular flexibility index (Phi) is 13.0. The Labute approximate surface area is 339 Å². The zero-order valence-corrected chi connectivity index (χ0v) is 32.3. The number of Topliss-reactive ketones (excluding diaryl/α,β-unsaturated/α-hetero) is 2. The van der Waals surface area contributed by atoms with E-state index in [1.54, 1.807) is 19.6 Å². The number of ether oxygens (including phenoxy) is 4. The van der Waals surface area contributed by atoms with Gasteiger partial charge < -0.3 is 38.5 Å². The van der Waals surface area contributed by atoms with Crippen LogP contribution in [0.15, 0.2) is 36.4 Å². The molecule has 0 aliphatic carbocycles. The third-order valence-corrected chi connectivity index (χ3v) is 11.7. The summed E-state index contributed by atoms with van der Waals surface area (Å²) in [4.78, 5) is 55.1. The zero-order chi connectivity index (χ0) is 42.9. The standard InChI is InChI=1S/2C20H22F4N2O4/c2*21-17-6-14(20(22,23)24)2-1-12(17)10-29-16-8-26(9-16)19(28)25-4-3-18-13(7-25)5-15(27)11-30-18/h2*1-2,6,13,16,18H,3-5,7-11H2/t2*13-,18-/m10/s1. The zero-order valence-electron chi connectivity index (χ0n) is 32.3. The van der Waals surface area contributed by atoms with Crippen LogP contribution in [0.5, 0.6) is 0 Å². The number of hydrogen-bond acceptors (Lipinski definition) is 8. The highest BCUT2D eigenvalue weighted by Gasteiger charge is 2.42. The van der Waals surface area contributed by atoms with Crippen LogP contribution in [0.25, 0.3) is 0 Å². The molecule has 4 amide bonds. The van der Waals surface area contributed by atoms with Crippen molar-refractivity contribution in [2.24, 2.45) is 11.8 Å². The first-order valence-electron chi connectivity index (χ1n) is 19.7. The summed E-state index contributed by atoms with van der Waals surface area (Å²) in [6, 6.07) is 4.43. The Bertz CT molecular complexity index is 1790. The molecule has 20 heteroatoms. The Morgan fingerprint density at radius 2 is 0.983 bits per heavy atom. The van der Waals surface area contributed by atoms with E-state index in [1.165, 1.54) is 0 Å². The normalized spacial score (nSPS) is 25.1. The van der Waals surface area contributed by atoms with E-state index < -0.39 is 35.1 Å². The summed E-state index contributed by atoms with van der Waals surface area (Å²) < 4.78 is 125. The van der Waals surface area contributed by atoms with Gasteiger partial charge in [0, 0.05) is 62.0 Å². The molecule has 4 atom stereocenters. The number of carbonyl (C=O) groups excluding carboxylic acids is 4. The van der Waals surface area contributed by atoms with Gasteiger partial charge in [-0.1, -0.05) is 12.1 Å². The maximum absolute atomic E-state index is 13.9. The lowest BCUT2D eigenvalue weighted by atomic mass is 9.88. The number of urea groups is 2. The first-order valence-corrected chi connectivity index (χ1v) is 19.7. The summed E-state index contributed by atoms with van der Waals surface area (Å²) in [6.07, 6.45) is -7.48. The molecule has 6 fully saturated rings. The van der Waals surface area contributed by atoms with E-state index in [1.807, 2.05) is 0 Å². The number of halogens is 8. The number of benzene rings is 2. The van der Waals surface area contributed by atoms with Crippen molar-refractivity contribution in [1.29, 1.82) is 0 Å². The van der Waals surface area contributed by atoms with E-state index in [2.05, 4.69) is 0 Å². The monoisotopic (exact) mass is 860 g/mol. The minimum atomic E-state index is -4.60. The number of alkyl halides is 6. The number of nitrogens with zero attached hydrogens (tertiary/aromatic N) is 4. The van der Waals surface area contributed by atoms with Gasteiger partial charge in [0.1, 0.15) is 24.8 Å². The SMILES string of the molecule is O=C1CO[C@@H]2CCN(C(=O)N3CC(OCc4ccc(C(F)(F)F)cc4F)C3)C[C@H]2C1.O=C1CO[C@H]2CCN(C(=O)N3CC(OCc4ccc(C(F)(F)F)cc4F)C3)C[C@@H]2C1. The number of hydrogen-bond donors (Lipinski definition) is 0. The second kappa shape index (κ2) is 17.9. The Morgan fingerprint density at radius 3 is 1.33 bits per heavy atom. The van der Waals surface area contributed by atoms with Crippen molar-refractivity contribution < 1.29 is 73.2 Å². The highest BCUT2D eigenvalue weighted by atomic mass is 19.4. The number of amides is 4. The van der Waals surface area contributed by atoms with E-state index in [-0.39, 0.29) is 97.4 Å². The molecule has 6 heterocycles. The number of likely N-dealkylation sites (tertiary alicyclic amines) is 4. The van der Waals surface area contributed by atoms with Gasteiger partial charge in [-0.05, 0) is 37.1 Å². The van der Waals surface area contributed by atoms with Crippen molar-refractivity contribution in [2.75, 3.05) is 65.6 Å². The van der Waals surface area contributed by atoms with E-state index in [0.29, 0.717) is 90.2 Å². The van der Waals surface area contributed by atoms with Gasteiger partial charge in [-0.2, -0.15) is 26.3 Å². The Morgan fingerprint density at radius 1 is 0.600 bits per heavy atom. The first kappa shape index (κ1) is 43.7. The van der Waals surface area contributed by atoms with Crippen molar-refractivity contribution >= 4 is 23.6 Å². The lowest BCUT2D eigenvalue weighted by Gasteiger charge is -2.45. The number of fused-ring (bicyclic) bond motifs is 2. The summed E-state index contributed by atoms with van der Waals surface area (Å²) in [7, 11) is 0. The van der Waals surface area contributed by atoms with E-state index >= 15 is 0 Å². The molecule has 6 aliphatic heterocycles. The maximum atomic E-state index is 13.9. The van der Waals surface area contributed by atoms with Crippen LogP contribution in [0.1, 0.15) is 47.9 Å². The van der Waals surface area contributed by atoms with Crippen LogP contribution in [0.4, 0.5) is 44.7 Å². The predicted molar refractivity (Wildman–Crippen MR) is 192 cm³/mol. The second-order valence-corrected chi connectivity index (χ2v) is 16.0. The molecular formula is C40H44F8N4O8. The third kappa shape index (κ3) is 10.4. The quantitative estimate of drug-likeness (QED) is 0.341. The molecule has 0 saturated carbocycles. The van der Waals surface area contributed by atoms with Crippen molar-refractivity contribution in [2.45, 2.75) is 75.7 Å². The second-order valence-electron chi connectivity index (χ2n) is 16.0. The smallest absolute Gasteiger partial charge is 0.370 e. The van der Waals surface area contributed by atoms with Crippen molar-refractivity contribution in [3.05, 3.63) is 70.3 Å². The average molecular weight is 861 g/mol. The van der Waals surface area contributed by atoms with Crippen LogP contribution in [-0.2, 0) is 54.1 Å². The van der Waals surface area contributed by atoms with Crippen LogP contribution in [0.3, 0.4) is 0 Å². The van der Waals surface area contributed by atoms with Gasteiger partial charge in [0.25, 0.3) is 0 Å². The van der Waals surface area contributed by atoms with Gasteiger partial charge in [0.05, 0.1) is 74.9 Å². The fourth-order valence-electron chi connectivity index (χ4n) is 8.20. The van der Waals surface area contributed by atoms with Crippen molar-refractivity contribution in [3.63, 3.8) is 0 Å². The average Bonchev–Trinajstić information content (AvgIpc) is 3.16. The molecule has 0 bridgehead atoms. The van der Waals surface area contributed by atoms with E-state index in [9.17, 15) is 54.3 Å². The van der Waals surface area contributed by atoms with Gasteiger partial charge >= 0.3 is 24.4 Å². The minimum Gasteiger partial charge on any atom is -0.370 e. The highest BCUT2D eigenvalue weighted by Crippen LogP contribution is 2.33. The number of piperidine rings is 2. The Balaban J connectivity index is 0.000000181. The lowest BCUT2D eigenvalue weighted by Crippen LogP contribution is -2.61. The van der Waals surface area contributed by atoms with Gasteiger partial charge in [0.2, 0.25) is 0 Å². The Hall–Kier alpha value is -4.40. The highest BCUT2D eigenvalue weighted by molar-refractivity contribution is 5.81. The van der Waals surface area contributed by atoms with Crippen LogP contribution >= 0.6 is 0 Å². The molecule has 0 unspecified atom stereocenters. The molecule has 6 aliphatic rings. The predicted octanol–water partition coefficient (Wildman–Crippen LogP) is 5.69. The number of rotatable bonds is 6. The number of ketones is 2. The molecular weight excluding hydrogens is 816 g/mol. The summed E-state index contributed by atoms with van der Waals surface area (Å²) in [5.41, 5.74) is -2.01. The fraction of sp³-hybridized carbons (Fsp3) is 0.600. The van der Waals surface area contributed by atoms with Crippen molar-refractivity contribution in [3.8, 4) is 0 Å². The maximum Gasteiger partial charge on any atom is 0.416 e. The summed E-state index contributed by atoms with van der Waals surface area (Å²) in [5, 5.41) is 0. The van der Waals surface area contributed by atoms with Crippen LogP contribution in [0.2, 0.25) is 0 Å². The van der Waals surface area contributed by atoms with Gasteiger partial charge in [-0.3, -0.25) is 9.59 Å². The minimum absolute atomic E-state index is 0.0258. The van der Waals surface area contributed by atoms with Gasteiger partial charge in [-0.25, -0.2) is 18.4 Å². The third-order valence-electron chi connectivity index (χ3n) is 11.7. The molecule has 6 saturated heterocycles. The molecule has 2 aromatic rings. The largest absolute Gasteiger partial charge is 0.416 e. The summed E-state index contributed by atoms with van der Waals surface area (Å²) in [5.74, 6) is -1.77. The topological polar surface area (TPSA) is 118 Å². The lowest BCUT2D eigenvalue weighted by molar-refractivity contribution is -0.140. The van der Waals surface area contributed by atoms with E-state index in [0.717, 1.165) is 24.3 Å². The molecule has 0 radical (unpaired) electrons. The number of carbonyl (C=O) groups is 4. The molecule has 0 aromatic heterocycles. The van der Waals surface area contributed by atoms with E-state index in [4.69, 9.17) is 18.9 Å². The van der Waals surface area contributed by atoms with Gasteiger partial charge in [-0.15, -0.1) is 0 Å². The van der Waals surface area contributed by atoms with Crippen LogP contribution in [0, 0.1) is 23.5 Å². The van der Waals surface area contributed by atoms with Gasteiger partial charge in [0.15, 0.2) is 11.6 Å². The molecule has 328 valence electrons. The summed E-state index contributed by atoms with van der Waals surface area (Å²) >= 11 is 0. The first-order chi connectivity index (χ1) is 28.4. The molecule has 0 spiro atoms. The molecule has 2 aromatic carbocycles. The summed E-state index contributed by atoms with van der Waals surface area (Å²) in [6.45, 7) is 3.40. The molecule has 12 nitrogen and oxygen atoms in total.